The molecule has 0 atom stereocenters. The van der Waals surface area contributed by atoms with Crippen molar-refractivity contribution < 1.29 is 18.3 Å². The van der Waals surface area contributed by atoms with Crippen molar-refractivity contribution in [2.24, 2.45) is 0 Å². The van der Waals surface area contributed by atoms with Crippen LogP contribution in [-0.4, -0.2) is 24.0 Å². The first-order chi connectivity index (χ1) is 12.6. The number of hydrogen-bond acceptors (Lipinski definition) is 5. The van der Waals surface area contributed by atoms with Gasteiger partial charge in [0.2, 0.25) is 0 Å². The molecule has 1 N–H and O–H groups in total. The summed E-state index contributed by atoms with van der Waals surface area (Å²) >= 11 is 1.30. The number of aromatic nitrogens is 1. The normalized spacial score (nSPS) is 10.8. The van der Waals surface area contributed by atoms with Gasteiger partial charge in [0, 0.05) is 18.7 Å². The number of hydrogen-bond donors (Lipinski definition) is 1. The fourth-order valence-corrected chi connectivity index (χ4v) is 3.34. The lowest BCUT2D eigenvalue weighted by molar-refractivity contribution is 0.0919. The second-order valence-electron chi connectivity index (χ2n) is 5.68. The van der Waals surface area contributed by atoms with E-state index in [4.69, 9.17) is 9.15 Å². The number of amides is 1. The molecule has 0 saturated carbocycles. The molecule has 7 heteroatoms. The molecular formula is C19H19FN2O3S. The van der Waals surface area contributed by atoms with Crippen LogP contribution in [0.15, 0.2) is 47.1 Å². The fraction of sp³-hybridized carbons (Fsp3) is 0.263. The molecule has 0 aliphatic heterocycles. The van der Waals surface area contributed by atoms with Gasteiger partial charge in [0.25, 0.3) is 5.91 Å². The molecule has 0 unspecified atom stereocenters. The van der Waals surface area contributed by atoms with Crippen molar-refractivity contribution >= 4 is 17.2 Å². The number of rotatable bonds is 8. The quantitative estimate of drug-likeness (QED) is 0.601. The van der Waals surface area contributed by atoms with E-state index in [1.807, 2.05) is 12.1 Å². The third kappa shape index (κ3) is 4.77. The Morgan fingerprint density at radius 3 is 2.85 bits per heavy atom. The Kier molecular flexibility index (Phi) is 6.14. The Bertz CT molecular complexity index is 844. The number of ether oxygens (including phenoxy) is 1. The summed E-state index contributed by atoms with van der Waals surface area (Å²) in [4.78, 5) is 17.3. The predicted molar refractivity (Wildman–Crippen MR) is 97.6 cm³/mol. The first-order valence-electron chi connectivity index (χ1n) is 8.25. The van der Waals surface area contributed by atoms with Gasteiger partial charge in [0.1, 0.15) is 28.1 Å². The largest absolute Gasteiger partial charge is 0.467 e. The number of halogens is 1. The monoisotopic (exact) mass is 374 g/mol. The molecule has 0 aliphatic rings. The Labute approximate surface area is 154 Å². The van der Waals surface area contributed by atoms with Crippen molar-refractivity contribution in [3.05, 3.63) is 64.8 Å². The molecular weight excluding hydrogens is 355 g/mol. The molecule has 1 aromatic carbocycles. The van der Waals surface area contributed by atoms with Crippen LogP contribution in [0.25, 0.3) is 10.6 Å². The minimum Gasteiger partial charge on any atom is -0.467 e. The Balaban J connectivity index is 1.46. The van der Waals surface area contributed by atoms with Gasteiger partial charge in [-0.2, -0.15) is 0 Å². The van der Waals surface area contributed by atoms with Crippen LogP contribution in [0.4, 0.5) is 4.39 Å². The predicted octanol–water partition coefficient (Wildman–Crippen LogP) is 4.19. The van der Waals surface area contributed by atoms with Gasteiger partial charge in [-0.25, -0.2) is 9.37 Å². The summed E-state index contributed by atoms with van der Waals surface area (Å²) in [5.74, 6) is 0.330. The third-order valence-electron chi connectivity index (χ3n) is 3.67. The number of nitrogens with zero attached hydrogens (tertiary/aromatic N) is 1. The summed E-state index contributed by atoms with van der Waals surface area (Å²) in [7, 11) is 0. The van der Waals surface area contributed by atoms with Gasteiger partial charge in [0.05, 0.1) is 12.0 Å². The lowest BCUT2D eigenvalue weighted by Crippen LogP contribution is -2.25. The number of benzene rings is 1. The van der Waals surface area contributed by atoms with E-state index >= 15 is 0 Å². The van der Waals surface area contributed by atoms with Crippen molar-refractivity contribution in [3.63, 3.8) is 0 Å². The molecule has 5 nitrogen and oxygen atoms in total. The highest BCUT2D eigenvalue weighted by Crippen LogP contribution is 2.27. The van der Waals surface area contributed by atoms with E-state index < -0.39 is 0 Å². The first kappa shape index (κ1) is 18.3. The zero-order valence-corrected chi connectivity index (χ0v) is 15.1. The SMILES string of the molecule is Cc1nc(-c2ccc(F)cc2)sc1C(=O)NCCCOCc1ccco1. The van der Waals surface area contributed by atoms with Gasteiger partial charge in [-0.1, -0.05) is 0 Å². The molecule has 3 rings (SSSR count). The van der Waals surface area contributed by atoms with Gasteiger partial charge in [-0.3, -0.25) is 4.79 Å². The lowest BCUT2D eigenvalue weighted by atomic mass is 10.2. The average Bonchev–Trinajstić information content (AvgIpc) is 3.28. The van der Waals surface area contributed by atoms with E-state index in [2.05, 4.69) is 10.3 Å². The molecule has 2 heterocycles. The van der Waals surface area contributed by atoms with Crippen LogP contribution in [0.1, 0.15) is 27.5 Å². The number of carbonyl (C=O) groups is 1. The van der Waals surface area contributed by atoms with E-state index in [0.717, 1.165) is 11.3 Å². The molecule has 1 amide bonds. The van der Waals surface area contributed by atoms with E-state index in [1.54, 1.807) is 25.3 Å². The number of nitrogens with one attached hydrogen (secondary N) is 1. The Morgan fingerprint density at radius 2 is 2.12 bits per heavy atom. The van der Waals surface area contributed by atoms with E-state index in [-0.39, 0.29) is 11.7 Å². The minimum absolute atomic E-state index is 0.153. The maximum Gasteiger partial charge on any atom is 0.263 e. The highest BCUT2D eigenvalue weighted by atomic mass is 32.1. The number of thiazole rings is 1. The Hall–Kier alpha value is -2.51. The Morgan fingerprint density at radius 1 is 1.31 bits per heavy atom. The highest BCUT2D eigenvalue weighted by Gasteiger charge is 2.15. The average molecular weight is 374 g/mol. The minimum atomic E-state index is -0.297. The van der Waals surface area contributed by atoms with Crippen LogP contribution in [0, 0.1) is 12.7 Å². The van der Waals surface area contributed by atoms with E-state index in [1.165, 1.54) is 23.5 Å². The number of carbonyl (C=O) groups excluding carboxylic acids is 1. The lowest BCUT2D eigenvalue weighted by Gasteiger charge is -2.04. The first-order valence-corrected chi connectivity index (χ1v) is 9.07. The molecule has 0 bridgehead atoms. The topological polar surface area (TPSA) is 64.4 Å². The summed E-state index contributed by atoms with van der Waals surface area (Å²) in [6.07, 6.45) is 2.31. The van der Waals surface area contributed by atoms with Gasteiger partial charge in [0.15, 0.2) is 0 Å². The van der Waals surface area contributed by atoms with Crippen molar-refractivity contribution in [3.8, 4) is 10.6 Å². The van der Waals surface area contributed by atoms with Gasteiger partial charge in [-0.15, -0.1) is 11.3 Å². The molecule has 26 heavy (non-hydrogen) atoms. The number of furan rings is 1. The fourth-order valence-electron chi connectivity index (χ4n) is 2.35. The summed E-state index contributed by atoms with van der Waals surface area (Å²) in [6, 6.07) is 9.75. The van der Waals surface area contributed by atoms with Crippen LogP contribution < -0.4 is 5.32 Å². The third-order valence-corrected chi connectivity index (χ3v) is 4.87. The summed E-state index contributed by atoms with van der Waals surface area (Å²) in [5, 5.41) is 3.58. The molecule has 3 aromatic rings. The molecule has 0 fully saturated rings. The zero-order chi connectivity index (χ0) is 18.4. The van der Waals surface area contributed by atoms with E-state index in [0.29, 0.717) is 41.8 Å². The van der Waals surface area contributed by atoms with E-state index in [9.17, 15) is 9.18 Å². The molecule has 0 radical (unpaired) electrons. The van der Waals surface area contributed by atoms with Gasteiger partial charge in [-0.05, 0) is 49.7 Å². The van der Waals surface area contributed by atoms with Crippen molar-refractivity contribution in [2.75, 3.05) is 13.2 Å². The molecule has 0 saturated heterocycles. The van der Waals surface area contributed by atoms with Crippen LogP contribution in [0.3, 0.4) is 0 Å². The molecule has 0 spiro atoms. The van der Waals surface area contributed by atoms with Crippen molar-refractivity contribution in [1.82, 2.24) is 10.3 Å². The molecule has 136 valence electrons. The second-order valence-corrected chi connectivity index (χ2v) is 6.68. The summed E-state index contributed by atoms with van der Waals surface area (Å²) in [6.45, 7) is 3.27. The smallest absolute Gasteiger partial charge is 0.263 e. The van der Waals surface area contributed by atoms with Crippen molar-refractivity contribution in [2.45, 2.75) is 20.0 Å². The van der Waals surface area contributed by atoms with Crippen LogP contribution in [-0.2, 0) is 11.3 Å². The van der Waals surface area contributed by atoms with Crippen LogP contribution >= 0.6 is 11.3 Å². The number of aryl methyl sites for hydroxylation is 1. The maximum absolute atomic E-state index is 13.0. The van der Waals surface area contributed by atoms with Crippen LogP contribution in [0.5, 0.6) is 0 Å². The highest BCUT2D eigenvalue weighted by molar-refractivity contribution is 7.17. The van der Waals surface area contributed by atoms with Crippen LogP contribution in [0.2, 0.25) is 0 Å². The van der Waals surface area contributed by atoms with Gasteiger partial charge < -0.3 is 14.5 Å². The summed E-state index contributed by atoms with van der Waals surface area (Å²) in [5.41, 5.74) is 1.46. The molecule has 2 aromatic heterocycles. The zero-order valence-electron chi connectivity index (χ0n) is 14.3. The summed E-state index contributed by atoms with van der Waals surface area (Å²) < 4.78 is 23.7. The molecule has 0 aliphatic carbocycles. The van der Waals surface area contributed by atoms with Gasteiger partial charge >= 0.3 is 0 Å². The maximum atomic E-state index is 13.0. The second kappa shape index (κ2) is 8.73. The van der Waals surface area contributed by atoms with Crippen molar-refractivity contribution in [1.29, 1.82) is 0 Å². The standard InChI is InChI=1S/C19H19FN2O3S/c1-13-17(26-19(22-13)14-5-7-15(20)8-6-14)18(23)21-9-3-10-24-12-16-4-2-11-25-16/h2,4-8,11H,3,9-10,12H2,1H3,(H,21,23).